The molecule has 0 saturated heterocycles. The van der Waals surface area contributed by atoms with Gasteiger partial charge in [-0.15, -0.1) is 0 Å². The summed E-state index contributed by atoms with van der Waals surface area (Å²) < 4.78 is 4.93. The zero-order chi connectivity index (χ0) is 17.2. The second-order valence-electron chi connectivity index (χ2n) is 9.13. The molecule has 1 aromatic heterocycles. The van der Waals surface area contributed by atoms with E-state index in [4.69, 9.17) is 0 Å². The summed E-state index contributed by atoms with van der Waals surface area (Å²) in [5.74, 6) is 2.30. The fraction of sp³-hybridized carbons (Fsp3) is 0.500. The Hall–Kier alpha value is -2.34. The van der Waals surface area contributed by atoms with Crippen molar-refractivity contribution in [1.82, 2.24) is 13.9 Å². The van der Waals surface area contributed by atoms with E-state index >= 15 is 0 Å². The molecular weight excluding hydrogens is 330 g/mol. The van der Waals surface area contributed by atoms with Crippen LogP contribution in [0.5, 0.6) is 0 Å². The van der Waals surface area contributed by atoms with Gasteiger partial charge in [0.05, 0.1) is 23.9 Å². The standard InChI is InChI=1S/C20H17N3O3/c24-10-6-7-19-14-11-12-13(11)16(20(14,19)8-10)23-18(26)21(9-4-2-1-3-5-9)17(25)22(23)15(12)19/h1-7,10-16,24H,8H2/t10-,11?,12?,13?,14?,15?,16?,19?,20?/m0/s1. The van der Waals surface area contributed by atoms with Gasteiger partial charge in [0.15, 0.2) is 0 Å². The van der Waals surface area contributed by atoms with Crippen molar-refractivity contribution in [2.75, 3.05) is 0 Å². The minimum absolute atomic E-state index is 0.00898. The Labute approximate surface area is 148 Å². The average molecular weight is 347 g/mol. The Bertz CT molecular complexity index is 1190. The molecule has 2 spiro atoms. The maximum Gasteiger partial charge on any atom is 0.352 e. The second kappa shape index (κ2) is 3.31. The van der Waals surface area contributed by atoms with Gasteiger partial charge in [0.25, 0.3) is 0 Å². The molecule has 2 aliphatic heterocycles. The van der Waals surface area contributed by atoms with E-state index in [0.717, 1.165) is 6.42 Å². The lowest BCUT2D eigenvalue weighted by molar-refractivity contribution is -0.00744. The number of aliphatic hydroxyl groups is 1. The van der Waals surface area contributed by atoms with Crippen molar-refractivity contribution < 1.29 is 5.11 Å². The highest BCUT2D eigenvalue weighted by atomic mass is 16.3. The van der Waals surface area contributed by atoms with E-state index in [1.165, 1.54) is 4.57 Å². The van der Waals surface area contributed by atoms with E-state index in [9.17, 15) is 14.7 Å². The number of allylic oxidation sites excluding steroid dienone is 1. The molecule has 3 heterocycles. The van der Waals surface area contributed by atoms with Crippen molar-refractivity contribution in [2.45, 2.75) is 24.6 Å². The minimum Gasteiger partial charge on any atom is -0.389 e. The van der Waals surface area contributed by atoms with E-state index in [2.05, 4.69) is 6.08 Å². The molecule has 4 fully saturated rings. The highest BCUT2D eigenvalue weighted by molar-refractivity contribution is 5.54. The van der Waals surface area contributed by atoms with Crippen molar-refractivity contribution in [1.29, 1.82) is 0 Å². The molecule has 0 radical (unpaired) electrons. The number of hydrogen-bond acceptors (Lipinski definition) is 3. The summed E-state index contributed by atoms with van der Waals surface area (Å²) >= 11 is 0. The van der Waals surface area contributed by atoms with Crippen LogP contribution in [0.15, 0.2) is 52.1 Å². The maximum atomic E-state index is 13.3. The highest BCUT2D eigenvalue weighted by Gasteiger charge is 3.02. The van der Waals surface area contributed by atoms with Crippen LogP contribution in [0.3, 0.4) is 0 Å². The lowest BCUT2D eigenvalue weighted by Crippen LogP contribution is -2.53. The van der Waals surface area contributed by atoms with E-state index < -0.39 is 6.10 Å². The highest BCUT2D eigenvalue weighted by Crippen LogP contribution is 3.03. The van der Waals surface area contributed by atoms with Gasteiger partial charge in [0.1, 0.15) is 0 Å². The van der Waals surface area contributed by atoms with Gasteiger partial charge >= 0.3 is 11.4 Å². The summed E-state index contributed by atoms with van der Waals surface area (Å²) in [5, 5.41) is 10.3. The molecule has 1 aromatic carbocycles. The van der Waals surface area contributed by atoms with Crippen molar-refractivity contribution in [3.05, 3.63) is 63.5 Å². The van der Waals surface area contributed by atoms with E-state index in [0.29, 0.717) is 29.4 Å². The Kier molecular flexibility index (Phi) is 1.65. The normalized spacial score (nSPS) is 52.0. The summed E-state index contributed by atoms with van der Waals surface area (Å²) in [4.78, 5) is 26.7. The van der Waals surface area contributed by atoms with Crippen LogP contribution < -0.4 is 11.4 Å². The van der Waals surface area contributed by atoms with Crippen molar-refractivity contribution >= 4 is 0 Å². The molecule has 4 saturated carbocycles. The molecular formula is C20H17N3O3. The van der Waals surface area contributed by atoms with Crippen LogP contribution in [0.2, 0.25) is 0 Å². The number of nitrogens with zero attached hydrogens (tertiary/aromatic N) is 3. The zero-order valence-corrected chi connectivity index (χ0v) is 13.9. The molecule has 9 atom stereocenters. The van der Waals surface area contributed by atoms with Gasteiger partial charge < -0.3 is 5.11 Å². The van der Waals surface area contributed by atoms with Crippen LogP contribution in [-0.4, -0.2) is 25.1 Å². The first-order chi connectivity index (χ1) is 12.6. The van der Waals surface area contributed by atoms with E-state index in [1.54, 1.807) is 9.36 Å². The molecule has 8 unspecified atom stereocenters. The number of para-hydroxylation sites is 1. The molecule has 130 valence electrons. The quantitative estimate of drug-likeness (QED) is 0.773. The Morgan fingerprint density at radius 2 is 1.65 bits per heavy atom. The lowest BCUT2D eigenvalue weighted by atomic mass is 9.67. The third-order valence-electron chi connectivity index (χ3n) is 8.81. The maximum absolute atomic E-state index is 13.3. The molecule has 7 aliphatic rings. The molecule has 2 bridgehead atoms. The van der Waals surface area contributed by atoms with Crippen LogP contribution in [-0.2, 0) is 0 Å². The van der Waals surface area contributed by atoms with Crippen LogP contribution in [0.25, 0.3) is 5.69 Å². The average Bonchev–Trinajstić information content (AvgIpc) is 3.40. The number of hydrogen-bond donors (Lipinski definition) is 1. The lowest BCUT2D eigenvalue weighted by Gasteiger charge is -2.49. The van der Waals surface area contributed by atoms with Gasteiger partial charge in [-0.25, -0.2) is 23.5 Å². The van der Waals surface area contributed by atoms with Gasteiger partial charge in [-0.2, -0.15) is 0 Å². The van der Waals surface area contributed by atoms with Gasteiger partial charge in [-0.3, -0.25) is 0 Å². The smallest absolute Gasteiger partial charge is 0.352 e. The summed E-state index contributed by atoms with van der Waals surface area (Å²) in [6.07, 6.45) is 4.47. The van der Waals surface area contributed by atoms with Gasteiger partial charge in [0, 0.05) is 10.8 Å². The van der Waals surface area contributed by atoms with Crippen molar-refractivity contribution in [3.63, 3.8) is 0 Å². The van der Waals surface area contributed by atoms with Crippen LogP contribution in [0.4, 0.5) is 0 Å². The summed E-state index contributed by atoms with van der Waals surface area (Å²) in [7, 11) is 0. The van der Waals surface area contributed by atoms with Crippen molar-refractivity contribution in [3.8, 4) is 5.69 Å². The van der Waals surface area contributed by atoms with Gasteiger partial charge in [-0.05, 0) is 42.2 Å². The van der Waals surface area contributed by atoms with Crippen molar-refractivity contribution in [2.24, 2.45) is 34.5 Å². The number of rotatable bonds is 1. The molecule has 6 nitrogen and oxygen atoms in total. The third kappa shape index (κ3) is 0.895. The SMILES string of the molecule is O=c1n(-c2ccccc2)c(=O)n2n1C1C3C4C3C3C15C=C[C@H](O)CC35C42. The summed E-state index contributed by atoms with van der Waals surface area (Å²) in [5.41, 5.74) is 0.254. The molecule has 9 rings (SSSR count). The first-order valence-electron chi connectivity index (χ1n) is 9.53. The van der Waals surface area contributed by atoms with E-state index in [-0.39, 0.29) is 34.3 Å². The molecule has 0 amide bonds. The van der Waals surface area contributed by atoms with E-state index in [1.807, 2.05) is 36.4 Å². The fourth-order valence-corrected chi connectivity index (χ4v) is 8.52. The predicted octanol–water partition coefficient (Wildman–Crippen LogP) is 0.709. The van der Waals surface area contributed by atoms with Crippen LogP contribution in [0.1, 0.15) is 18.5 Å². The molecule has 2 aromatic rings. The number of benzene rings is 1. The van der Waals surface area contributed by atoms with Crippen LogP contribution in [0, 0.1) is 34.5 Å². The molecule has 1 N–H and O–H groups in total. The minimum atomic E-state index is -0.421. The Morgan fingerprint density at radius 3 is 2.42 bits per heavy atom. The molecule has 5 aliphatic carbocycles. The van der Waals surface area contributed by atoms with Gasteiger partial charge in [0.2, 0.25) is 0 Å². The summed E-state index contributed by atoms with van der Waals surface area (Å²) in [6, 6.07) is 9.41. The zero-order valence-electron chi connectivity index (χ0n) is 13.9. The predicted molar refractivity (Wildman–Crippen MR) is 91.0 cm³/mol. The number of aromatic nitrogens is 3. The Balaban J connectivity index is 1.47. The fourth-order valence-electron chi connectivity index (χ4n) is 8.52. The molecule has 26 heavy (non-hydrogen) atoms. The third-order valence-corrected chi connectivity index (χ3v) is 8.81. The largest absolute Gasteiger partial charge is 0.389 e. The second-order valence-corrected chi connectivity index (χ2v) is 9.13. The number of aliphatic hydroxyl groups excluding tert-OH is 1. The first-order valence-corrected chi connectivity index (χ1v) is 9.53. The topological polar surface area (TPSA) is 69.2 Å². The van der Waals surface area contributed by atoms with Crippen LogP contribution >= 0.6 is 0 Å². The monoisotopic (exact) mass is 347 g/mol. The first kappa shape index (κ1) is 12.9. The molecule has 6 heteroatoms. The summed E-state index contributed by atoms with van der Waals surface area (Å²) in [6.45, 7) is 0. The van der Waals surface area contributed by atoms with Gasteiger partial charge in [-0.1, -0.05) is 30.4 Å². The Morgan fingerprint density at radius 1 is 0.962 bits per heavy atom.